The van der Waals surface area contributed by atoms with Gasteiger partial charge in [-0.25, -0.2) is 0 Å². The van der Waals surface area contributed by atoms with Crippen molar-refractivity contribution in [3.8, 4) is 0 Å². The minimum absolute atomic E-state index is 0.153. The molecule has 13 heavy (non-hydrogen) atoms. The van der Waals surface area contributed by atoms with Gasteiger partial charge in [-0.1, -0.05) is 19.4 Å². The molecule has 0 aliphatic heterocycles. The van der Waals surface area contributed by atoms with Crippen molar-refractivity contribution in [2.45, 2.75) is 39.2 Å². The fraction of sp³-hybridized carbons (Fsp3) is 0.800. The highest BCUT2D eigenvalue weighted by Gasteiger charge is 2.47. The van der Waals surface area contributed by atoms with Crippen LogP contribution < -0.4 is 0 Å². The molecule has 1 atom stereocenters. The lowest BCUT2D eigenvalue weighted by atomic mass is 9.68. The maximum Gasteiger partial charge on any atom is 0.0975 e. The zero-order valence-corrected chi connectivity index (χ0v) is 10.6. The number of halogens is 1. The molecule has 0 bridgehead atoms. The lowest BCUT2D eigenvalue weighted by Crippen LogP contribution is -2.50. The van der Waals surface area contributed by atoms with Crippen molar-refractivity contribution in [1.82, 2.24) is 0 Å². The SMILES string of the molecule is CC1=C(I)C(C)(C)[C@@](O)(CO)CC1. The maximum absolute atomic E-state index is 10.2. The van der Waals surface area contributed by atoms with E-state index in [9.17, 15) is 10.2 Å². The topological polar surface area (TPSA) is 40.5 Å². The molecule has 3 heteroatoms. The van der Waals surface area contributed by atoms with Crippen LogP contribution in [0.4, 0.5) is 0 Å². The Hall–Kier alpha value is 0.390. The van der Waals surface area contributed by atoms with Crippen LogP contribution in [0.1, 0.15) is 33.6 Å². The second-order valence-corrected chi connectivity index (χ2v) is 5.49. The lowest BCUT2D eigenvalue weighted by Gasteiger charge is -2.45. The summed E-state index contributed by atoms with van der Waals surface area (Å²) >= 11 is 2.28. The van der Waals surface area contributed by atoms with Crippen LogP contribution in [0.25, 0.3) is 0 Å². The lowest BCUT2D eigenvalue weighted by molar-refractivity contribution is -0.0932. The van der Waals surface area contributed by atoms with Gasteiger partial charge in [-0.3, -0.25) is 0 Å². The van der Waals surface area contributed by atoms with E-state index >= 15 is 0 Å². The van der Waals surface area contributed by atoms with Gasteiger partial charge in [0.1, 0.15) is 0 Å². The van der Waals surface area contributed by atoms with Crippen molar-refractivity contribution in [2.24, 2.45) is 5.41 Å². The summed E-state index contributed by atoms with van der Waals surface area (Å²) in [7, 11) is 0. The van der Waals surface area contributed by atoms with E-state index in [1.165, 1.54) is 9.15 Å². The van der Waals surface area contributed by atoms with Crippen LogP contribution in [0.15, 0.2) is 9.15 Å². The third kappa shape index (κ3) is 1.66. The molecule has 0 aromatic heterocycles. The van der Waals surface area contributed by atoms with Crippen LogP contribution in [0.5, 0.6) is 0 Å². The van der Waals surface area contributed by atoms with Crippen LogP contribution in [0, 0.1) is 5.41 Å². The summed E-state index contributed by atoms with van der Waals surface area (Å²) in [5.41, 5.74) is 0.0805. The van der Waals surface area contributed by atoms with Crippen molar-refractivity contribution in [1.29, 1.82) is 0 Å². The fourth-order valence-electron chi connectivity index (χ4n) is 1.83. The smallest absolute Gasteiger partial charge is 0.0975 e. The molecule has 0 heterocycles. The van der Waals surface area contributed by atoms with Crippen molar-refractivity contribution < 1.29 is 10.2 Å². The Bertz CT molecular complexity index is 245. The normalized spacial score (nSPS) is 33.7. The van der Waals surface area contributed by atoms with Gasteiger partial charge >= 0.3 is 0 Å². The summed E-state index contributed by atoms with van der Waals surface area (Å²) in [4.78, 5) is 0. The molecule has 0 saturated heterocycles. The standard InChI is InChI=1S/C10H17IO2/c1-7-4-5-10(13,6-12)9(2,3)8(7)11/h12-13H,4-6H2,1-3H3/t10-/m0/s1. The van der Waals surface area contributed by atoms with Crippen molar-refractivity contribution in [3.63, 3.8) is 0 Å². The first-order chi connectivity index (χ1) is 5.85. The van der Waals surface area contributed by atoms with Gasteiger partial charge in [0.25, 0.3) is 0 Å². The molecule has 76 valence electrons. The van der Waals surface area contributed by atoms with E-state index in [0.29, 0.717) is 6.42 Å². The largest absolute Gasteiger partial charge is 0.393 e. The van der Waals surface area contributed by atoms with E-state index in [1.807, 2.05) is 13.8 Å². The van der Waals surface area contributed by atoms with Gasteiger partial charge in [-0.2, -0.15) is 0 Å². The van der Waals surface area contributed by atoms with Crippen LogP contribution in [0.2, 0.25) is 0 Å². The molecule has 0 radical (unpaired) electrons. The van der Waals surface area contributed by atoms with Crippen LogP contribution in [-0.2, 0) is 0 Å². The molecule has 0 aromatic carbocycles. The highest BCUT2D eigenvalue weighted by molar-refractivity contribution is 14.1. The Morgan fingerprint density at radius 1 is 1.46 bits per heavy atom. The number of aliphatic hydroxyl groups is 2. The van der Waals surface area contributed by atoms with Gasteiger partial charge < -0.3 is 10.2 Å². The molecule has 0 aromatic rings. The number of hydrogen-bond donors (Lipinski definition) is 2. The third-order valence-electron chi connectivity index (χ3n) is 3.26. The van der Waals surface area contributed by atoms with Crippen LogP contribution in [0.3, 0.4) is 0 Å². The molecule has 0 amide bonds. The number of allylic oxidation sites excluding steroid dienone is 1. The van der Waals surface area contributed by atoms with E-state index in [2.05, 4.69) is 29.5 Å². The first kappa shape index (κ1) is 11.5. The molecule has 2 nitrogen and oxygen atoms in total. The quantitative estimate of drug-likeness (QED) is 0.729. The second kappa shape index (κ2) is 3.51. The van der Waals surface area contributed by atoms with Gasteiger partial charge in [0.15, 0.2) is 0 Å². The molecular formula is C10H17IO2. The molecule has 0 fully saturated rings. The van der Waals surface area contributed by atoms with E-state index in [-0.39, 0.29) is 12.0 Å². The first-order valence-corrected chi connectivity index (χ1v) is 5.62. The minimum Gasteiger partial charge on any atom is -0.393 e. The first-order valence-electron chi connectivity index (χ1n) is 4.54. The van der Waals surface area contributed by atoms with Gasteiger partial charge in [-0.15, -0.1) is 0 Å². The summed E-state index contributed by atoms with van der Waals surface area (Å²) in [6.07, 6.45) is 1.55. The van der Waals surface area contributed by atoms with Crippen molar-refractivity contribution >= 4 is 22.6 Å². The summed E-state index contributed by atoms with van der Waals surface area (Å²) < 4.78 is 1.19. The summed E-state index contributed by atoms with van der Waals surface area (Å²) in [5.74, 6) is 0. The summed E-state index contributed by atoms with van der Waals surface area (Å²) in [6.45, 7) is 5.93. The fourth-order valence-corrected chi connectivity index (χ4v) is 2.60. The molecule has 2 N–H and O–H groups in total. The highest BCUT2D eigenvalue weighted by atomic mass is 127. The zero-order valence-electron chi connectivity index (χ0n) is 8.39. The predicted molar refractivity (Wildman–Crippen MR) is 61.8 cm³/mol. The minimum atomic E-state index is -0.941. The Morgan fingerprint density at radius 2 is 2.00 bits per heavy atom. The highest BCUT2D eigenvalue weighted by Crippen LogP contribution is 2.49. The maximum atomic E-state index is 10.2. The van der Waals surface area contributed by atoms with E-state index in [1.54, 1.807) is 0 Å². The van der Waals surface area contributed by atoms with Crippen LogP contribution >= 0.6 is 22.6 Å². The van der Waals surface area contributed by atoms with Gasteiger partial charge in [-0.05, 0) is 45.9 Å². The van der Waals surface area contributed by atoms with Gasteiger partial charge in [0.05, 0.1) is 12.2 Å². The molecule has 1 aliphatic rings. The zero-order chi connectivity index (χ0) is 10.3. The van der Waals surface area contributed by atoms with E-state index < -0.39 is 5.60 Å². The molecular weight excluding hydrogens is 279 g/mol. The predicted octanol–water partition coefficient (Wildman–Crippen LogP) is 2.24. The van der Waals surface area contributed by atoms with Crippen molar-refractivity contribution in [3.05, 3.63) is 9.15 Å². The average Bonchev–Trinajstić information content (AvgIpc) is 2.09. The molecule has 0 saturated carbocycles. The van der Waals surface area contributed by atoms with E-state index in [0.717, 1.165) is 6.42 Å². The molecule has 1 rings (SSSR count). The Balaban J connectivity index is 3.12. The Kier molecular flexibility index (Phi) is 3.10. The van der Waals surface area contributed by atoms with Gasteiger partial charge in [0.2, 0.25) is 0 Å². The average molecular weight is 296 g/mol. The number of aliphatic hydroxyl groups excluding tert-OH is 1. The summed E-state index contributed by atoms with van der Waals surface area (Å²) in [6, 6.07) is 0. The number of rotatable bonds is 1. The van der Waals surface area contributed by atoms with E-state index in [4.69, 9.17) is 0 Å². The van der Waals surface area contributed by atoms with Crippen molar-refractivity contribution in [2.75, 3.05) is 6.61 Å². The van der Waals surface area contributed by atoms with Gasteiger partial charge in [0, 0.05) is 5.41 Å². The number of hydrogen-bond acceptors (Lipinski definition) is 2. The van der Waals surface area contributed by atoms with Crippen LogP contribution in [-0.4, -0.2) is 22.4 Å². The molecule has 0 unspecified atom stereocenters. The monoisotopic (exact) mass is 296 g/mol. The third-order valence-corrected chi connectivity index (χ3v) is 5.53. The molecule has 0 spiro atoms. The molecule has 1 aliphatic carbocycles. The second-order valence-electron chi connectivity index (χ2n) is 4.41. The summed E-state index contributed by atoms with van der Waals surface area (Å²) in [5, 5.41) is 19.4. The Morgan fingerprint density at radius 3 is 2.46 bits per heavy atom. The Labute approximate surface area is 93.2 Å².